The molecule has 0 spiro atoms. The van der Waals surface area contributed by atoms with E-state index in [-0.39, 0.29) is 5.04 Å². The van der Waals surface area contributed by atoms with Gasteiger partial charge in [-0.2, -0.15) is 5.10 Å². The third-order valence-corrected chi connectivity index (χ3v) is 8.63. The maximum atomic E-state index is 6.17. The third kappa shape index (κ3) is 4.76. The van der Waals surface area contributed by atoms with Crippen molar-refractivity contribution in [3.05, 3.63) is 35.9 Å². The van der Waals surface area contributed by atoms with Gasteiger partial charge < -0.3 is 10.3 Å². The Morgan fingerprint density at radius 1 is 1.20 bits per heavy atom. The van der Waals surface area contributed by atoms with Crippen LogP contribution in [-0.2, 0) is 4.43 Å². The van der Waals surface area contributed by atoms with E-state index in [0.29, 0.717) is 0 Å². The molecule has 0 fully saturated rings. The smallest absolute Gasteiger partial charge is 0.191 e. The predicted octanol–water partition coefficient (Wildman–Crippen LogP) is 4.15. The van der Waals surface area contributed by atoms with Crippen molar-refractivity contribution in [1.29, 1.82) is 0 Å². The van der Waals surface area contributed by atoms with Gasteiger partial charge in [0.1, 0.15) is 0 Å². The molecule has 1 aromatic rings. The molecule has 0 saturated heterocycles. The van der Waals surface area contributed by atoms with Crippen LogP contribution in [0.1, 0.15) is 39.2 Å². The summed E-state index contributed by atoms with van der Waals surface area (Å²) in [4.78, 5) is 0. The highest BCUT2D eigenvalue weighted by Crippen LogP contribution is 2.36. The summed E-state index contributed by atoms with van der Waals surface area (Å²) in [6.45, 7) is 12.1. The zero-order valence-corrected chi connectivity index (χ0v) is 14.4. The number of nitrogens with zero attached hydrogens (tertiary/aromatic N) is 1. The van der Waals surface area contributed by atoms with Crippen LogP contribution in [0.3, 0.4) is 0 Å². The second-order valence-electron chi connectivity index (χ2n) is 6.65. The van der Waals surface area contributed by atoms with Crippen molar-refractivity contribution < 1.29 is 4.43 Å². The Morgan fingerprint density at radius 3 is 2.30 bits per heavy atom. The molecule has 3 nitrogen and oxygen atoms in total. The van der Waals surface area contributed by atoms with E-state index in [1.54, 1.807) is 0 Å². The minimum Gasteiger partial charge on any atom is -0.417 e. The van der Waals surface area contributed by atoms with E-state index in [0.717, 1.165) is 30.7 Å². The molecule has 2 N–H and O–H groups in total. The van der Waals surface area contributed by atoms with Crippen molar-refractivity contribution in [1.82, 2.24) is 0 Å². The van der Waals surface area contributed by atoms with Crippen LogP contribution < -0.4 is 5.84 Å². The van der Waals surface area contributed by atoms with Crippen LogP contribution >= 0.6 is 0 Å². The lowest BCUT2D eigenvalue weighted by Crippen LogP contribution is -2.41. The lowest BCUT2D eigenvalue weighted by molar-refractivity contribution is 0.285. The average molecular weight is 292 g/mol. The van der Waals surface area contributed by atoms with Gasteiger partial charge in [-0.15, -0.1) is 0 Å². The summed E-state index contributed by atoms with van der Waals surface area (Å²) < 4.78 is 6.17. The second-order valence-corrected chi connectivity index (χ2v) is 11.5. The molecule has 0 bridgehead atoms. The Kier molecular flexibility index (Phi) is 5.96. The molecular weight excluding hydrogens is 264 g/mol. The van der Waals surface area contributed by atoms with Crippen LogP contribution in [0.15, 0.2) is 35.4 Å². The lowest BCUT2D eigenvalue weighted by Gasteiger charge is -2.36. The van der Waals surface area contributed by atoms with Crippen molar-refractivity contribution in [2.45, 2.75) is 51.7 Å². The molecule has 0 heterocycles. The fourth-order valence-corrected chi connectivity index (χ4v) is 2.79. The Labute approximate surface area is 124 Å². The Balaban J connectivity index is 2.45. The van der Waals surface area contributed by atoms with Crippen LogP contribution in [0.4, 0.5) is 0 Å². The van der Waals surface area contributed by atoms with Gasteiger partial charge in [0.15, 0.2) is 8.32 Å². The third-order valence-electron chi connectivity index (χ3n) is 4.09. The molecule has 1 rings (SSSR count). The number of hydrogen-bond donors (Lipinski definition) is 1. The first kappa shape index (κ1) is 16.9. The predicted molar refractivity (Wildman–Crippen MR) is 89.5 cm³/mol. The first-order chi connectivity index (χ1) is 9.28. The molecular formula is C16H28N2OSi. The van der Waals surface area contributed by atoms with Gasteiger partial charge >= 0.3 is 0 Å². The van der Waals surface area contributed by atoms with E-state index < -0.39 is 8.32 Å². The van der Waals surface area contributed by atoms with Gasteiger partial charge in [0.05, 0.1) is 5.71 Å². The highest BCUT2D eigenvalue weighted by molar-refractivity contribution is 6.74. The van der Waals surface area contributed by atoms with Crippen LogP contribution in [0.5, 0.6) is 0 Å². The number of hydrazone groups is 1. The van der Waals surface area contributed by atoms with Crippen LogP contribution in [0.25, 0.3) is 0 Å². The summed E-state index contributed by atoms with van der Waals surface area (Å²) in [6.07, 6.45) is 1.81. The zero-order chi connectivity index (χ0) is 15.2. The van der Waals surface area contributed by atoms with Gasteiger partial charge in [0.25, 0.3) is 0 Å². The van der Waals surface area contributed by atoms with Crippen molar-refractivity contribution in [2.24, 2.45) is 10.9 Å². The van der Waals surface area contributed by atoms with Gasteiger partial charge in [0, 0.05) is 6.61 Å². The van der Waals surface area contributed by atoms with Crippen molar-refractivity contribution in [3.63, 3.8) is 0 Å². The van der Waals surface area contributed by atoms with Crippen molar-refractivity contribution >= 4 is 14.0 Å². The summed E-state index contributed by atoms with van der Waals surface area (Å²) in [7, 11) is -1.64. The van der Waals surface area contributed by atoms with Gasteiger partial charge in [-0.1, -0.05) is 51.1 Å². The number of benzene rings is 1. The van der Waals surface area contributed by atoms with E-state index in [1.807, 2.05) is 30.3 Å². The van der Waals surface area contributed by atoms with Crippen molar-refractivity contribution in [2.75, 3.05) is 6.61 Å². The molecule has 0 atom stereocenters. The van der Waals surface area contributed by atoms with Gasteiger partial charge in [-0.3, -0.25) is 0 Å². The quantitative estimate of drug-likeness (QED) is 0.281. The molecule has 0 radical (unpaired) electrons. The summed E-state index contributed by atoms with van der Waals surface area (Å²) in [5.74, 6) is 5.50. The first-order valence-electron chi connectivity index (χ1n) is 7.24. The van der Waals surface area contributed by atoms with E-state index in [1.165, 1.54) is 0 Å². The molecule has 1 aromatic carbocycles. The molecule has 20 heavy (non-hydrogen) atoms. The van der Waals surface area contributed by atoms with Crippen molar-refractivity contribution in [3.8, 4) is 0 Å². The highest BCUT2D eigenvalue weighted by Gasteiger charge is 2.36. The average Bonchev–Trinajstić information content (AvgIpc) is 2.38. The molecule has 112 valence electrons. The fraction of sp³-hybridized carbons (Fsp3) is 0.562. The van der Waals surface area contributed by atoms with Gasteiger partial charge in [-0.25, -0.2) is 0 Å². The standard InChI is InChI=1S/C16H28N2OSi/c1-16(2,3)20(4,5)19-13-9-12-15(18-17)14-10-7-6-8-11-14/h6-8,10-11H,9,12-13,17H2,1-5H3. The molecule has 0 aromatic heterocycles. The molecule has 0 amide bonds. The fourth-order valence-electron chi connectivity index (χ4n) is 1.70. The molecule has 0 aliphatic carbocycles. The summed E-state index contributed by atoms with van der Waals surface area (Å²) in [5.41, 5.74) is 2.05. The lowest BCUT2D eigenvalue weighted by atomic mass is 10.1. The maximum Gasteiger partial charge on any atom is 0.191 e. The number of hydrogen-bond acceptors (Lipinski definition) is 3. The minimum absolute atomic E-state index is 0.261. The zero-order valence-electron chi connectivity index (χ0n) is 13.4. The Bertz CT molecular complexity index is 436. The van der Waals surface area contributed by atoms with E-state index in [4.69, 9.17) is 10.3 Å². The molecule has 0 saturated carbocycles. The number of rotatable bonds is 6. The van der Waals surface area contributed by atoms with Gasteiger partial charge in [-0.05, 0) is 36.5 Å². The van der Waals surface area contributed by atoms with Crippen LogP contribution in [-0.4, -0.2) is 20.6 Å². The Morgan fingerprint density at radius 2 is 1.80 bits per heavy atom. The first-order valence-corrected chi connectivity index (χ1v) is 10.1. The SMILES string of the molecule is CC(C)(C)[Si](C)(C)OCCCC(=NN)c1ccccc1. The summed E-state index contributed by atoms with van der Waals surface area (Å²) >= 11 is 0. The normalized spacial score (nSPS) is 13.6. The van der Waals surface area contributed by atoms with E-state index in [9.17, 15) is 0 Å². The van der Waals surface area contributed by atoms with E-state index >= 15 is 0 Å². The highest BCUT2D eigenvalue weighted by atomic mass is 28.4. The molecule has 0 aliphatic rings. The van der Waals surface area contributed by atoms with E-state index in [2.05, 4.69) is 39.0 Å². The maximum absolute atomic E-state index is 6.17. The van der Waals surface area contributed by atoms with Gasteiger partial charge in [0.2, 0.25) is 0 Å². The van der Waals surface area contributed by atoms with Crippen LogP contribution in [0, 0.1) is 0 Å². The molecule has 0 aliphatic heterocycles. The summed E-state index contributed by atoms with van der Waals surface area (Å²) in [6, 6.07) is 10.1. The Hall–Kier alpha value is -1.13. The largest absolute Gasteiger partial charge is 0.417 e. The summed E-state index contributed by atoms with van der Waals surface area (Å²) in [5, 5.41) is 4.17. The molecule has 4 heteroatoms. The van der Waals surface area contributed by atoms with Crippen LogP contribution in [0.2, 0.25) is 18.1 Å². The minimum atomic E-state index is -1.64. The topological polar surface area (TPSA) is 47.6 Å². The number of nitrogens with two attached hydrogens (primary N) is 1. The second kappa shape index (κ2) is 7.04. The molecule has 0 unspecified atom stereocenters. The monoisotopic (exact) mass is 292 g/mol.